The van der Waals surface area contributed by atoms with Crippen LogP contribution >= 0.6 is 0 Å². The largest absolute Gasteiger partial charge is 0.465 e. The zero-order chi connectivity index (χ0) is 16.8. The molecule has 0 fully saturated rings. The van der Waals surface area contributed by atoms with E-state index in [4.69, 9.17) is 4.42 Å². The first-order valence-electron chi connectivity index (χ1n) is 7.47. The van der Waals surface area contributed by atoms with Gasteiger partial charge in [-0.3, -0.25) is 14.7 Å². The number of carbonyl (C=O) groups excluding carboxylic acids is 1. The fourth-order valence-electron chi connectivity index (χ4n) is 2.38. The topological polar surface area (TPSA) is 73.0 Å². The molecule has 3 aromatic heterocycles. The molecule has 0 aliphatic heterocycles. The van der Waals surface area contributed by atoms with Gasteiger partial charge in [0.1, 0.15) is 17.0 Å². The van der Waals surface area contributed by atoms with Crippen LogP contribution in [0.4, 0.5) is 5.95 Å². The van der Waals surface area contributed by atoms with Crippen molar-refractivity contribution in [3.63, 3.8) is 0 Å². The van der Waals surface area contributed by atoms with Crippen molar-refractivity contribution in [3.8, 4) is 0 Å². The number of nitrogens with one attached hydrogen (secondary N) is 1. The van der Waals surface area contributed by atoms with Crippen LogP contribution in [0.2, 0.25) is 0 Å². The maximum absolute atomic E-state index is 12.6. The standard InChI is InChI=1S/C17H20N4O2/c1-10-11(9-13(23-10)17(2,3)4)15(22)20-16-19-12-7-6-8-18-14(12)21(16)5/h6-9H,1-5H3,(H,19,20,22). The zero-order valence-corrected chi connectivity index (χ0v) is 14.0. The quantitative estimate of drug-likeness (QED) is 0.787. The molecule has 0 saturated carbocycles. The Morgan fingerprint density at radius 3 is 2.70 bits per heavy atom. The lowest BCUT2D eigenvalue weighted by Gasteiger charge is -2.13. The van der Waals surface area contributed by atoms with E-state index in [1.807, 2.05) is 40.0 Å². The number of aromatic nitrogens is 3. The Kier molecular flexibility index (Phi) is 3.47. The van der Waals surface area contributed by atoms with Gasteiger partial charge >= 0.3 is 0 Å². The van der Waals surface area contributed by atoms with Crippen molar-refractivity contribution in [1.29, 1.82) is 0 Å². The van der Waals surface area contributed by atoms with E-state index < -0.39 is 0 Å². The van der Waals surface area contributed by atoms with Gasteiger partial charge < -0.3 is 4.42 Å². The van der Waals surface area contributed by atoms with E-state index in [-0.39, 0.29) is 11.3 Å². The summed E-state index contributed by atoms with van der Waals surface area (Å²) in [6.45, 7) is 7.93. The number of amides is 1. The third-order valence-corrected chi connectivity index (χ3v) is 3.75. The number of nitrogens with zero attached hydrogens (tertiary/aromatic N) is 3. The van der Waals surface area contributed by atoms with Crippen molar-refractivity contribution in [1.82, 2.24) is 14.5 Å². The van der Waals surface area contributed by atoms with Crippen LogP contribution in [0.1, 0.15) is 42.6 Å². The number of pyridine rings is 1. The van der Waals surface area contributed by atoms with Crippen molar-refractivity contribution < 1.29 is 9.21 Å². The molecule has 0 aliphatic rings. The molecular formula is C17H20N4O2. The first kappa shape index (κ1) is 15.3. The molecule has 0 bridgehead atoms. The number of aryl methyl sites for hydroxylation is 2. The average Bonchev–Trinajstić information content (AvgIpc) is 3.01. The predicted octanol–water partition coefficient (Wildman–Crippen LogP) is 3.42. The SMILES string of the molecule is Cc1oc(C(C)(C)C)cc1C(=O)Nc1nc2cccnc2n1C. The zero-order valence-electron chi connectivity index (χ0n) is 14.0. The molecule has 120 valence electrons. The molecule has 0 aromatic carbocycles. The first-order valence-corrected chi connectivity index (χ1v) is 7.47. The molecular weight excluding hydrogens is 292 g/mol. The molecule has 3 rings (SSSR count). The summed E-state index contributed by atoms with van der Waals surface area (Å²) in [5, 5.41) is 2.83. The molecule has 0 radical (unpaired) electrons. The smallest absolute Gasteiger partial charge is 0.261 e. The number of carbonyl (C=O) groups is 1. The minimum absolute atomic E-state index is 0.148. The number of furan rings is 1. The highest BCUT2D eigenvalue weighted by molar-refractivity contribution is 6.04. The van der Waals surface area contributed by atoms with E-state index in [1.165, 1.54) is 0 Å². The van der Waals surface area contributed by atoms with Crippen LogP contribution in [0.3, 0.4) is 0 Å². The molecule has 0 unspecified atom stereocenters. The molecule has 0 saturated heterocycles. The molecule has 0 spiro atoms. The Hall–Kier alpha value is -2.63. The lowest BCUT2D eigenvalue weighted by molar-refractivity contribution is 0.102. The number of rotatable bonds is 2. The fourth-order valence-corrected chi connectivity index (χ4v) is 2.38. The van der Waals surface area contributed by atoms with E-state index in [0.717, 1.165) is 16.9 Å². The molecule has 1 N–H and O–H groups in total. The van der Waals surface area contributed by atoms with E-state index >= 15 is 0 Å². The molecule has 3 aromatic rings. The number of anilines is 1. The van der Waals surface area contributed by atoms with Gasteiger partial charge in [-0.2, -0.15) is 0 Å². The molecule has 6 heteroatoms. The van der Waals surface area contributed by atoms with Gasteiger partial charge in [0.05, 0.1) is 5.56 Å². The molecule has 0 atom stereocenters. The summed E-state index contributed by atoms with van der Waals surface area (Å²) in [4.78, 5) is 21.2. The van der Waals surface area contributed by atoms with E-state index in [9.17, 15) is 4.79 Å². The summed E-state index contributed by atoms with van der Waals surface area (Å²) >= 11 is 0. The molecule has 23 heavy (non-hydrogen) atoms. The highest BCUT2D eigenvalue weighted by Gasteiger charge is 2.24. The third kappa shape index (κ3) is 2.72. The highest BCUT2D eigenvalue weighted by Crippen LogP contribution is 2.27. The van der Waals surface area contributed by atoms with Crippen molar-refractivity contribution in [2.45, 2.75) is 33.1 Å². The Balaban J connectivity index is 1.92. The molecule has 0 aliphatic carbocycles. The second kappa shape index (κ2) is 5.22. The Morgan fingerprint density at radius 2 is 2.09 bits per heavy atom. The summed E-state index contributed by atoms with van der Waals surface area (Å²) in [5.41, 5.74) is 1.84. The van der Waals surface area contributed by atoms with Crippen LogP contribution in [0.15, 0.2) is 28.8 Å². The second-order valence-electron chi connectivity index (χ2n) is 6.63. The normalized spacial score (nSPS) is 11.9. The highest BCUT2D eigenvalue weighted by atomic mass is 16.3. The van der Waals surface area contributed by atoms with E-state index in [0.29, 0.717) is 17.3 Å². The third-order valence-electron chi connectivity index (χ3n) is 3.75. The van der Waals surface area contributed by atoms with Crippen molar-refractivity contribution >= 4 is 23.0 Å². The molecule has 3 heterocycles. The van der Waals surface area contributed by atoms with Gasteiger partial charge in [0.25, 0.3) is 5.91 Å². The van der Waals surface area contributed by atoms with Gasteiger partial charge in [0.2, 0.25) is 5.95 Å². The van der Waals surface area contributed by atoms with Crippen LogP contribution in [0.25, 0.3) is 11.2 Å². The minimum atomic E-state index is -0.236. The average molecular weight is 312 g/mol. The Labute approximate surface area is 134 Å². The van der Waals surface area contributed by atoms with E-state index in [2.05, 4.69) is 15.3 Å². The van der Waals surface area contributed by atoms with Crippen molar-refractivity contribution in [3.05, 3.63) is 41.5 Å². The van der Waals surface area contributed by atoms with Crippen LogP contribution < -0.4 is 5.32 Å². The number of imidazole rings is 1. The maximum Gasteiger partial charge on any atom is 0.261 e. The molecule has 1 amide bonds. The number of hydrogen-bond acceptors (Lipinski definition) is 4. The summed E-state index contributed by atoms with van der Waals surface area (Å²) in [5.74, 6) is 1.61. The lowest BCUT2D eigenvalue weighted by atomic mass is 9.93. The summed E-state index contributed by atoms with van der Waals surface area (Å²) in [7, 11) is 1.82. The van der Waals surface area contributed by atoms with Crippen molar-refractivity contribution in [2.75, 3.05) is 5.32 Å². The van der Waals surface area contributed by atoms with Gasteiger partial charge in [-0.05, 0) is 25.1 Å². The first-order chi connectivity index (χ1) is 10.8. The van der Waals surface area contributed by atoms with Crippen LogP contribution in [0.5, 0.6) is 0 Å². The van der Waals surface area contributed by atoms with Gasteiger partial charge in [0, 0.05) is 18.7 Å². The Morgan fingerprint density at radius 1 is 1.35 bits per heavy atom. The maximum atomic E-state index is 12.6. The predicted molar refractivity (Wildman–Crippen MR) is 88.6 cm³/mol. The summed E-state index contributed by atoms with van der Waals surface area (Å²) in [6, 6.07) is 5.47. The van der Waals surface area contributed by atoms with Gasteiger partial charge in [-0.15, -0.1) is 0 Å². The van der Waals surface area contributed by atoms with Crippen LogP contribution in [-0.4, -0.2) is 20.4 Å². The number of hydrogen-bond donors (Lipinski definition) is 1. The van der Waals surface area contributed by atoms with Gasteiger partial charge in [-0.1, -0.05) is 20.8 Å². The lowest BCUT2D eigenvalue weighted by Crippen LogP contribution is -2.15. The second-order valence-corrected chi connectivity index (χ2v) is 6.63. The van der Waals surface area contributed by atoms with Crippen molar-refractivity contribution in [2.24, 2.45) is 7.05 Å². The summed E-state index contributed by atoms with van der Waals surface area (Å²) < 4.78 is 7.48. The number of fused-ring (bicyclic) bond motifs is 1. The minimum Gasteiger partial charge on any atom is -0.465 e. The van der Waals surface area contributed by atoms with Crippen LogP contribution in [0, 0.1) is 6.92 Å². The summed E-state index contributed by atoms with van der Waals surface area (Å²) in [6.07, 6.45) is 1.70. The molecule has 6 nitrogen and oxygen atoms in total. The van der Waals surface area contributed by atoms with Crippen LogP contribution in [-0.2, 0) is 12.5 Å². The van der Waals surface area contributed by atoms with Gasteiger partial charge in [0.15, 0.2) is 5.65 Å². The van der Waals surface area contributed by atoms with Gasteiger partial charge in [-0.25, -0.2) is 9.97 Å². The Bertz CT molecular complexity index is 884. The monoisotopic (exact) mass is 312 g/mol. The fraction of sp³-hybridized carbons (Fsp3) is 0.353. The van der Waals surface area contributed by atoms with E-state index in [1.54, 1.807) is 23.8 Å².